The quantitative estimate of drug-likeness (QED) is 0.703. The van der Waals surface area contributed by atoms with Crippen LogP contribution in [0.4, 0.5) is 23.4 Å². The van der Waals surface area contributed by atoms with Gasteiger partial charge in [0.1, 0.15) is 13.2 Å². The number of rotatable bonds is 4. The molecule has 2 aromatic heterocycles. The molecule has 0 saturated carbocycles. The fourth-order valence-corrected chi connectivity index (χ4v) is 3.34. The Bertz CT molecular complexity index is 979. The van der Waals surface area contributed by atoms with E-state index < -0.39 is 0 Å². The zero-order valence-corrected chi connectivity index (χ0v) is 15.7. The van der Waals surface area contributed by atoms with Gasteiger partial charge < -0.3 is 24.6 Å². The van der Waals surface area contributed by atoms with Crippen LogP contribution >= 0.6 is 0 Å². The Morgan fingerprint density at radius 1 is 0.897 bits per heavy atom. The van der Waals surface area contributed by atoms with Gasteiger partial charge in [-0.15, -0.1) is 5.10 Å². The van der Waals surface area contributed by atoms with E-state index in [1.165, 1.54) is 0 Å². The number of fused-ring (bicyclic) bond motifs is 1. The Hall–Kier alpha value is -3.69. The van der Waals surface area contributed by atoms with Gasteiger partial charge in [0.25, 0.3) is 0 Å². The first-order valence-electron chi connectivity index (χ1n) is 9.48. The zero-order chi connectivity index (χ0) is 19.5. The van der Waals surface area contributed by atoms with Crippen LogP contribution < -0.4 is 24.6 Å². The second kappa shape index (κ2) is 7.74. The van der Waals surface area contributed by atoms with Crippen LogP contribution in [0, 0.1) is 0 Å². The molecule has 4 heterocycles. The first kappa shape index (κ1) is 17.4. The third-order valence-electron chi connectivity index (χ3n) is 4.78. The van der Waals surface area contributed by atoms with Gasteiger partial charge in [0, 0.05) is 50.3 Å². The van der Waals surface area contributed by atoms with Crippen molar-refractivity contribution in [2.24, 2.45) is 0 Å². The molecule has 5 rings (SSSR count). The number of nitrogens with zero attached hydrogens (tertiary/aromatic N) is 7. The van der Waals surface area contributed by atoms with Crippen LogP contribution in [0.1, 0.15) is 0 Å². The van der Waals surface area contributed by atoms with Crippen molar-refractivity contribution in [1.29, 1.82) is 0 Å². The van der Waals surface area contributed by atoms with Crippen LogP contribution in [0.15, 0.2) is 42.9 Å². The van der Waals surface area contributed by atoms with E-state index in [0.717, 1.165) is 49.4 Å². The lowest BCUT2D eigenvalue weighted by atomic mass is 10.2. The molecule has 29 heavy (non-hydrogen) atoms. The number of hydrogen-bond donors (Lipinski definition) is 1. The number of ether oxygens (including phenoxy) is 2. The maximum atomic E-state index is 5.62. The average Bonchev–Trinajstić information content (AvgIpc) is 2.80. The van der Waals surface area contributed by atoms with E-state index in [1.807, 2.05) is 24.3 Å². The third kappa shape index (κ3) is 3.82. The molecule has 0 atom stereocenters. The van der Waals surface area contributed by atoms with Gasteiger partial charge in [-0.1, -0.05) is 0 Å². The van der Waals surface area contributed by atoms with Crippen LogP contribution in [0.3, 0.4) is 0 Å². The molecule has 1 saturated heterocycles. The Kier molecular flexibility index (Phi) is 4.65. The predicted octanol–water partition coefficient (Wildman–Crippen LogP) is 1.50. The molecule has 2 aliphatic heterocycles. The van der Waals surface area contributed by atoms with Crippen molar-refractivity contribution in [3.05, 3.63) is 42.9 Å². The van der Waals surface area contributed by atoms with E-state index in [2.05, 4.69) is 40.3 Å². The summed E-state index contributed by atoms with van der Waals surface area (Å²) in [6, 6.07) is 7.48. The molecule has 10 nitrogen and oxygen atoms in total. The Morgan fingerprint density at radius 3 is 2.48 bits per heavy atom. The fraction of sp³-hybridized carbons (Fsp3) is 0.316. The van der Waals surface area contributed by atoms with E-state index in [1.54, 1.807) is 18.6 Å². The topological polar surface area (TPSA) is 101 Å². The summed E-state index contributed by atoms with van der Waals surface area (Å²) >= 11 is 0. The van der Waals surface area contributed by atoms with Crippen LogP contribution in [0.2, 0.25) is 0 Å². The molecule has 0 unspecified atom stereocenters. The Labute approximate surface area is 167 Å². The summed E-state index contributed by atoms with van der Waals surface area (Å²) in [5.41, 5.74) is 0.819. The van der Waals surface area contributed by atoms with Gasteiger partial charge in [0.2, 0.25) is 11.9 Å². The van der Waals surface area contributed by atoms with E-state index >= 15 is 0 Å². The van der Waals surface area contributed by atoms with Crippen LogP contribution in [-0.2, 0) is 0 Å². The molecule has 3 aromatic rings. The van der Waals surface area contributed by atoms with Gasteiger partial charge in [0.15, 0.2) is 17.3 Å². The summed E-state index contributed by atoms with van der Waals surface area (Å²) < 4.78 is 11.2. The van der Waals surface area contributed by atoms with Gasteiger partial charge in [-0.25, -0.2) is 9.97 Å². The van der Waals surface area contributed by atoms with Gasteiger partial charge in [-0.05, 0) is 18.2 Å². The molecular formula is C19H20N8O2. The molecule has 10 heteroatoms. The van der Waals surface area contributed by atoms with E-state index in [0.29, 0.717) is 24.9 Å². The lowest BCUT2D eigenvalue weighted by Gasteiger charge is -2.35. The van der Waals surface area contributed by atoms with E-state index in [4.69, 9.17) is 9.47 Å². The van der Waals surface area contributed by atoms with E-state index in [9.17, 15) is 0 Å². The first-order chi connectivity index (χ1) is 14.3. The van der Waals surface area contributed by atoms with Crippen molar-refractivity contribution in [2.75, 3.05) is 54.5 Å². The number of piperazine rings is 1. The van der Waals surface area contributed by atoms with Crippen molar-refractivity contribution >= 4 is 23.4 Å². The summed E-state index contributed by atoms with van der Waals surface area (Å²) in [5, 5.41) is 11.4. The molecule has 0 aliphatic carbocycles. The van der Waals surface area contributed by atoms with Crippen molar-refractivity contribution < 1.29 is 9.47 Å². The predicted molar refractivity (Wildman–Crippen MR) is 107 cm³/mol. The number of hydrogen-bond acceptors (Lipinski definition) is 10. The van der Waals surface area contributed by atoms with Crippen molar-refractivity contribution in [2.45, 2.75) is 0 Å². The standard InChI is InChI=1S/C19H20N8O2/c1-4-20-19(21-5-1)27-8-6-26(7-9-27)17-13-22-25-18(24-17)23-14-2-3-15-16(12-14)29-11-10-28-15/h1-5,12-13H,6-11H2,(H,23,24,25). The van der Waals surface area contributed by atoms with Gasteiger partial charge in [-0.3, -0.25) is 0 Å². The zero-order valence-electron chi connectivity index (χ0n) is 15.7. The number of anilines is 4. The number of nitrogens with one attached hydrogen (secondary N) is 1. The lowest BCUT2D eigenvalue weighted by molar-refractivity contribution is 0.171. The second-order valence-corrected chi connectivity index (χ2v) is 6.64. The van der Waals surface area contributed by atoms with Crippen LogP contribution in [-0.4, -0.2) is 64.5 Å². The van der Waals surface area contributed by atoms with Crippen LogP contribution in [0.5, 0.6) is 11.5 Å². The normalized spacial score (nSPS) is 15.9. The van der Waals surface area contributed by atoms with E-state index in [-0.39, 0.29) is 0 Å². The highest BCUT2D eigenvalue weighted by atomic mass is 16.6. The third-order valence-corrected chi connectivity index (χ3v) is 4.78. The SMILES string of the molecule is c1cnc(N2CCN(c3cnnc(Nc4ccc5c(c4)OCCO5)n3)CC2)nc1. The molecule has 1 aromatic carbocycles. The minimum Gasteiger partial charge on any atom is -0.486 e. The summed E-state index contributed by atoms with van der Waals surface area (Å²) in [4.78, 5) is 17.6. The molecule has 2 aliphatic rings. The minimum absolute atomic E-state index is 0.438. The molecule has 0 amide bonds. The average molecular weight is 392 g/mol. The summed E-state index contributed by atoms with van der Waals surface area (Å²) in [6.45, 7) is 4.36. The maximum Gasteiger partial charge on any atom is 0.249 e. The molecular weight excluding hydrogens is 372 g/mol. The van der Waals surface area contributed by atoms with Crippen molar-refractivity contribution in [3.63, 3.8) is 0 Å². The number of benzene rings is 1. The van der Waals surface area contributed by atoms with Gasteiger partial charge >= 0.3 is 0 Å². The smallest absolute Gasteiger partial charge is 0.249 e. The first-order valence-corrected chi connectivity index (χ1v) is 9.48. The Morgan fingerprint density at radius 2 is 1.66 bits per heavy atom. The largest absolute Gasteiger partial charge is 0.486 e. The fourth-order valence-electron chi connectivity index (χ4n) is 3.34. The molecule has 0 bridgehead atoms. The second-order valence-electron chi connectivity index (χ2n) is 6.64. The minimum atomic E-state index is 0.438. The van der Waals surface area contributed by atoms with Gasteiger partial charge in [0.05, 0.1) is 6.20 Å². The van der Waals surface area contributed by atoms with Gasteiger partial charge in [-0.2, -0.15) is 10.1 Å². The highest BCUT2D eigenvalue weighted by molar-refractivity contribution is 5.60. The number of aromatic nitrogens is 5. The highest BCUT2D eigenvalue weighted by Crippen LogP contribution is 2.33. The van der Waals surface area contributed by atoms with Crippen molar-refractivity contribution in [3.8, 4) is 11.5 Å². The highest BCUT2D eigenvalue weighted by Gasteiger charge is 2.20. The molecule has 1 N–H and O–H groups in total. The molecule has 1 fully saturated rings. The van der Waals surface area contributed by atoms with Crippen LogP contribution in [0.25, 0.3) is 0 Å². The molecule has 0 radical (unpaired) electrons. The summed E-state index contributed by atoms with van der Waals surface area (Å²) in [6.07, 6.45) is 5.21. The Balaban J connectivity index is 1.26. The monoisotopic (exact) mass is 392 g/mol. The maximum absolute atomic E-state index is 5.62. The summed E-state index contributed by atoms with van der Waals surface area (Å²) in [5.74, 6) is 3.44. The molecule has 148 valence electrons. The summed E-state index contributed by atoms with van der Waals surface area (Å²) in [7, 11) is 0. The molecule has 0 spiro atoms. The lowest BCUT2D eigenvalue weighted by Crippen LogP contribution is -2.47. The van der Waals surface area contributed by atoms with Crippen molar-refractivity contribution in [1.82, 2.24) is 25.1 Å².